The first kappa shape index (κ1) is 13.9. The molecule has 1 aliphatic carbocycles. The molecule has 0 saturated carbocycles. The standard InChI is InChI=1S/C16H25N3O/c1-18-7-9-19(10-8-18)17-15-5-3-13-4-6-16(20-2)12-14(13)11-15/h4,6,12,15,17H,3,5,7-11H2,1-2H3. The Morgan fingerprint density at radius 2 is 1.95 bits per heavy atom. The van der Waals surface area contributed by atoms with Crippen LogP contribution in [0.3, 0.4) is 0 Å². The minimum absolute atomic E-state index is 0.568. The first-order valence-corrected chi connectivity index (χ1v) is 7.60. The number of hydrazine groups is 1. The highest BCUT2D eigenvalue weighted by Crippen LogP contribution is 2.25. The molecule has 1 aliphatic heterocycles. The molecule has 1 heterocycles. The van der Waals surface area contributed by atoms with Gasteiger partial charge in [-0.3, -0.25) is 5.43 Å². The number of hydrogen-bond donors (Lipinski definition) is 1. The van der Waals surface area contributed by atoms with Gasteiger partial charge in [0.05, 0.1) is 7.11 Å². The number of hydrogen-bond acceptors (Lipinski definition) is 4. The number of nitrogens with zero attached hydrogens (tertiary/aromatic N) is 2. The maximum Gasteiger partial charge on any atom is 0.119 e. The topological polar surface area (TPSA) is 27.7 Å². The monoisotopic (exact) mass is 275 g/mol. The van der Waals surface area contributed by atoms with E-state index in [1.54, 1.807) is 7.11 Å². The third-order valence-corrected chi connectivity index (χ3v) is 4.51. The van der Waals surface area contributed by atoms with Gasteiger partial charge in [-0.1, -0.05) is 6.07 Å². The second-order valence-electron chi connectivity index (χ2n) is 5.99. The fraction of sp³-hybridized carbons (Fsp3) is 0.625. The molecule has 1 N–H and O–H groups in total. The second kappa shape index (κ2) is 6.12. The second-order valence-corrected chi connectivity index (χ2v) is 5.99. The van der Waals surface area contributed by atoms with Crippen molar-refractivity contribution in [1.29, 1.82) is 0 Å². The first-order valence-electron chi connectivity index (χ1n) is 7.60. The SMILES string of the molecule is COc1ccc2c(c1)CC(NN1CCN(C)CC1)CC2. The molecule has 0 radical (unpaired) electrons. The van der Waals surface area contributed by atoms with Gasteiger partial charge in [0.2, 0.25) is 0 Å². The Morgan fingerprint density at radius 3 is 2.70 bits per heavy atom. The van der Waals surface area contributed by atoms with Crippen LogP contribution < -0.4 is 10.2 Å². The molecule has 1 aromatic rings. The van der Waals surface area contributed by atoms with Gasteiger partial charge in [0.15, 0.2) is 0 Å². The van der Waals surface area contributed by atoms with Gasteiger partial charge in [0, 0.05) is 32.2 Å². The summed E-state index contributed by atoms with van der Waals surface area (Å²) < 4.78 is 5.34. The fourth-order valence-electron chi connectivity index (χ4n) is 3.16. The van der Waals surface area contributed by atoms with E-state index >= 15 is 0 Å². The highest BCUT2D eigenvalue weighted by atomic mass is 16.5. The summed E-state index contributed by atoms with van der Waals surface area (Å²) in [6.45, 7) is 4.56. The molecule has 1 unspecified atom stereocenters. The van der Waals surface area contributed by atoms with Crippen molar-refractivity contribution >= 4 is 0 Å². The van der Waals surface area contributed by atoms with Gasteiger partial charge in [-0.2, -0.15) is 0 Å². The van der Waals surface area contributed by atoms with Crippen molar-refractivity contribution in [2.75, 3.05) is 40.3 Å². The van der Waals surface area contributed by atoms with Crippen LogP contribution in [0, 0.1) is 0 Å². The van der Waals surface area contributed by atoms with Crippen LogP contribution >= 0.6 is 0 Å². The van der Waals surface area contributed by atoms with Gasteiger partial charge in [-0.25, -0.2) is 5.01 Å². The van der Waals surface area contributed by atoms with Crippen molar-refractivity contribution in [3.05, 3.63) is 29.3 Å². The number of piperazine rings is 1. The maximum atomic E-state index is 5.34. The van der Waals surface area contributed by atoms with Crippen LogP contribution in [-0.4, -0.2) is 56.3 Å². The Labute approximate surface area is 121 Å². The summed E-state index contributed by atoms with van der Waals surface area (Å²) in [7, 11) is 3.94. The minimum atomic E-state index is 0.568. The van der Waals surface area contributed by atoms with Crippen LogP contribution in [0.25, 0.3) is 0 Å². The lowest BCUT2D eigenvalue weighted by atomic mass is 9.88. The van der Waals surface area contributed by atoms with E-state index in [1.165, 1.54) is 24.0 Å². The zero-order valence-electron chi connectivity index (χ0n) is 12.6. The molecule has 20 heavy (non-hydrogen) atoms. The number of fused-ring (bicyclic) bond motifs is 1. The Balaban J connectivity index is 1.60. The molecule has 1 saturated heterocycles. The van der Waals surface area contributed by atoms with Crippen LogP contribution in [-0.2, 0) is 12.8 Å². The highest BCUT2D eigenvalue weighted by Gasteiger charge is 2.22. The zero-order chi connectivity index (χ0) is 13.9. The summed E-state index contributed by atoms with van der Waals surface area (Å²) in [6, 6.07) is 7.07. The smallest absolute Gasteiger partial charge is 0.119 e. The number of benzene rings is 1. The molecular formula is C16H25N3O. The molecule has 0 bridgehead atoms. The van der Waals surface area contributed by atoms with Crippen LogP contribution in [0.2, 0.25) is 0 Å². The van der Waals surface area contributed by atoms with Crippen LogP contribution in [0.4, 0.5) is 0 Å². The van der Waals surface area contributed by atoms with E-state index in [0.717, 1.165) is 38.3 Å². The summed E-state index contributed by atoms with van der Waals surface area (Å²) in [5.41, 5.74) is 6.66. The number of rotatable bonds is 3. The fourth-order valence-corrected chi connectivity index (χ4v) is 3.16. The van der Waals surface area contributed by atoms with Gasteiger partial charge in [-0.05, 0) is 49.6 Å². The molecular weight excluding hydrogens is 250 g/mol. The molecule has 3 rings (SSSR count). The predicted octanol–water partition coefficient (Wildman–Crippen LogP) is 1.30. The Morgan fingerprint density at radius 1 is 1.15 bits per heavy atom. The highest BCUT2D eigenvalue weighted by molar-refractivity contribution is 5.37. The third-order valence-electron chi connectivity index (χ3n) is 4.51. The summed E-state index contributed by atoms with van der Waals surface area (Å²) in [6.07, 6.45) is 3.51. The lowest BCUT2D eigenvalue weighted by Gasteiger charge is -2.37. The average Bonchev–Trinajstić information content (AvgIpc) is 2.49. The van der Waals surface area contributed by atoms with Gasteiger partial charge in [0.1, 0.15) is 5.75 Å². The Kier molecular flexibility index (Phi) is 4.24. The molecule has 2 aliphatic rings. The zero-order valence-corrected chi connectivity index (χ0v) is 12.6. The van der Waals surface area contributed by atoms with Gasteiger partial charge >= 0.3 is 0 Å². The van der Waals surface area contributed by atoms with E-state index in [1.807, 2.05) is 0 Å². The van der Waals surface area contributed by atoms with E-state index in [4.69, 9.17) is 4.74 Å². The molecule has 110 valence electrons. The van der Waals surface area contributed by atoms with Crippen LogP contribution in [0.1, 0.15) is 17.5 Å². The molecule has 0 aromatic heterocycles. The van der Waals surface area contributed by atoms with Crippen molar-refractivity contribution in [2.45, 2.75) is 25.3 Å². The van der Waals surface area contributed by atoms with Gasteiger partial charge in [-0.15, -0.1) is 0 Å². The summed E-state index contributed by atoms with van der Waals surface area (Å²) >= 11 is 0. The van der Waals surface area contributed by atoms with Crippen molar-refractivity contribution < 1.29 is 4.74 Å². The number of likely N-dealkylation sites (N-methyl/N-ethyl adjacent to an activating group) is 1. The van der Waals surface area contributed by atoms with Crippen molar-refractivity contribution in [3.8, 4) is 5.75 Å². The number of nitrogens with one attached hydrogen (secondary N) is 1. The summed E-state index contributed by atoms with van der Waals surface area (Å²) in [5, 5.41) is 2.40. The first-order chi connectivity index (χ1) is 9.74. The van der Waals surface area contributed by atoms with Crippen LogP contribution in [0.5, 0.6) is 5.75 Å². The quantitative estimate of drug-likeness (QED) is 0.900. The van der Waals surface area contributed by atoms with Crippen molar-refractivity contribution in [1.82, 2.24) is 15.3 Å². The average molecular weight is 275 g/mol. The van der Waals surface area contributed by atoms with E-state index in [2.05, 4.69) is 40.6 Å². The lowest BCUT2D eigenvalue weighted by molar-refractivity contribution is 0.0836. The van der Waals surface area contributed by atoms with E-state index < -0.39 is 0 Å². The molecule has 1 aromatic carbocycles. The van der Waals surface area contributed by atoms with E-state index in [0.29, 0.717) is 6.04 Å². The van der Waals surface area contributed by atoms with E-state index in [9.17, 15) is 0 Å². The molecule has 1 atom stereocenters. The lowest BCUT2D eigenvalue weighted by Crippen LogP contribution is -2.54. The molecule has 4 heteroatoms. The van der Waals surface area contributed by atoms with Gasteiger partial charge < -0.3 is 9.64 Å². The normalized spacial score (nSPS) is 24.4. The maximum absolute atomic E-state index is 5.34. The Bertz CT molecular complexity index is 455. The molecule has 1 fully saturated rings. The predicted molar refractivity (Wildman–Crippen MR) is 81.0 cm³/mol. The van der Waals surface area contributed by atoms with Crippen molar-refractivity contribution in [2.24, 2.45) is 0 Å². The van der Waals surface area contributed by atoms with Crippen LogP contribution in [0.15, 0.2) is 18.2 Å². The largest absolute Gasteiger partial charge is 0.497 e. The molecule has 0 amide bonds. The number of methoxy groups -OCH3 is 1. The third kappa shape index (κ3) is 3.14. The minimum Gasteiger partial charge on any atom is -0.497 e. The molecule has 0 spiro atoms. The number of aryl methyl sites for hydroxylation is 1. The van der Waals surface area contributed by atoms with Crippen molar-refractivity contribution in [3.63, 3.8) is 0 Å². The Hall–Kier alpha value is -1.10. The summed E-state index contributed by atoms with van der Waals surface area (Å²) in [4.78, 5) is 2.39. The summed E-state index contributed by atoms with van der Waals surface area (Å²) in [5.74, 6) is 0.976. The number of ether oxygens (including phenoxy) is 1. The van der Waals surface area contributed by atoms with Gasteiger partial charge in [0.25, 0.3) is 0 Å². The van der Waals surface area contributed by atoms with E-state index in [-0.39, 0.29) is 0 Å². The molecule has 4 nitrogen and oxygen atoms in total.